The molecule has 0 saturated heterocycles. The number of pyridine rings is 1. The fourth-order valence-electron chi connectivity index (χ4n) is 2.24. The van der Waals surface area contributed by atoms with Gasteiger partial charge in [-0.05, 0) is 36.2 Å². The van der Waals surface area contributed by atoms with Gasteiger partial charge >= 0.3 is 11.8 Å². The summed E-state index contributed by atoms with van der Waals surface area (Å²) in [6, 6.07) is 1.28. The van der Waals surface area contributed by atoms with Gasteiger partial charge in [0.1, 0.15) is 6.04 Å². The molecule has 1 aliphatic rings. The molecule has 0 saturated carbocycles. The van der Waals surface area contributed by atoms with Gasteiger partial charge in [-0.1, -0.05) is 6.92 Å². The number of aliphatic carboxylic acids is 1. The van der Waals surface area contributed by atoms with Gasteiger partial charge in [-0.25, -0.2) is 4.79 Å². The lowest BCUT2D eigenvalue weighted by molar-refractivity contribution is -0.389. The summed E-state index contributed by atoms with van der Waals surface area (Å²) in [5.41, 5.74) is -1.28. The van der Waals surface area contributed by atoms with Gasteiger partial charge in [0.05, 0.1) is 0 Å². The van der Waals surface area contributed by atoms with Crippen molar-refractivity contribution in [3.63, 3.8) is 0 Å². The summed E-state index contributed by atoms with van der Waals surface area (Å²) in [6.45, 7) is 4.61. The van der Waals surface area contributed by atoms with Crippen molar-refractivity contribution in [2.24, 2.45) is 0 Å². The van der Waals surface area contributed by atoms with E-state index in [1.807, 2.05) is 0 Å². The number of carboxylic acids is 1. The van der Waals surface area contributed by atoms with Crippen molar-refractivity contribution in [3.05, 3.63) is 22.2 Å². The van der Waals surface area contributed by atoms with E-state index in [9.17, 15) is 24.8 Å². The van der Waals surface area contributed by atoms with Crippen LogP contribution < -0.4 is 9.64 Å². The number of ether oxygens (including phenoxy) is 1. The zero-order valence-electron chi connectivity index (χ0n) is 12.3. The Labute approximate surface area is 125 Å². The van der Waals surface area contributed by atoms with E-state index in [2.05, 4.69) is 4.98 Å². The van der Waals surface area contributed by atoms with Gasteiger partial charge in [-0.2, -0.15) is 0 Å². The average molecular weight is 309 g/mol. The first-order valence-electron chi connectivity index (χ1n) is 6.60. The van der Waals surface area contributed by atoms with Crippen LogP contribution in [-0.4, -0.2) is 38.5 Å². The van der Waals surface area contributed by atoms with Crippen LogP contribution in [0.4, 0.5) is 11.6 Å². The van der Waals surface area contributed by atoms with E-state index in [0.717, 1.165) is 11.0 Å². The summed E-state index contributed by atoms with van der Waals surface area (Å²) in [5.74, 6) is -2.32. The lowest BCUT2D eigenvalue weighted by atomic mass is 10.0. The second-order valence-corrected chi connectivity index (χ2v) is 5.30. The maximum absolute atomic E-state index is 12.5. The van der Waals surface area contributed by atoms with E-state index >= 15 is 0 Å². The molecule has 1 N–H and O–H groups in total. The maximum atomic E-state index is 12.5. The third-order valence-electron chi connectivity index (χ3n) is 3.32. The van der Waals surface area contributed by atoms with Crippen molar-refractivity contribution in [1.82, 2.24) is 4.98 Å². The first-order valence-corrected chi connectivity index (χ1v) is 6.60. The SMILES string of the molecule is CCC(C(=O)O)N1C(=O)C(C)(C)Oc2ccc([N+](=O)[O-])nc21. The third-order valence-corrected chi connectivity index (χ3v) is 3.32. The van der Waals surface area contributed by atoms with E-state index in [0.29, 0.717) is 0 Å². The highest BCUT2D eigenvalue weighted by Crippen LogP contribution is 2.39. The normalized spacial score (nSPS) is 17.4. The van der Waals surface area contributed by atoms with Gasteiger partial charge in [-0.3, -0.25) is 9.69 Å². The number of carboxylic acid groups (broad SMARTS) is 1. The number of carbonyl (C=O) groups is 2. The highest BCUT2D eigenvalue weighted by Gasteiger charge is 2.48. The van der Waals surface area contributed by atoms with Crippen molar-refractivity contribution in [2.45, 2.75) is 38.8 Å². The van der Waals surface area contributed by atoms with Gasteiger partial charge in [0.2, 0.25) is 0 Å². The highest BCUT2D eigenvalue weighted by atomic mass is 16.6. The van der Waals surface area contributed by atoms with Crippen molar-refractivity contribution >= 4 is 23.5 Å². The summed E-state index contributed by atoms with van der Waals surface area (Å²) >= 11 is 0. The Morgan fingerprint density at radius 2 is 2.18 bits per heavy atom. The summed E-state index contributed by atoms with van der Waals surface area (Å²) in [6.07, 6.45) is 0.126. The Morgan fingerprint density at radius 3 is 2.68 bits per heavy atom. The molecule has 1 aromatic rings. The van der Waals surface area contributed by atoms with Crippen LogP contribution in [0.2, 0.25) is 0 Å². The summed E-state index contributed by atoms with van der Waals surface area (Å²) in [7, 11) is 0. The van der Waals surface area contributed by atoms with Crippen LogP contribution in [0, 0.1) is 10.1 Å². The van der Waals surface area contributed by atoms with Crippen molar-refractivity contribution in [1.29, 1.82) is 0 Å². The first kappa shape index (κ1) is 15.7. The number of nitro groups is 1. The van der Waals surface area contributed by atoms with Crippen LogP contribution in [0.3, 0.4) is 0 Å². The third kappa shape index (κ3) is 2.45. The number of anilines is 1. The zero-order chi connectivity index (χ0) is 16.7. The summed E-state index contributed by atoms with van der Waals surface area (Å²) in [5, 5.41) is 20.2. The molecule has 1 unspecified atom stereocenters. The van der Waals surface area contributed by atoms with E-state index in [-0.39, 0.29) is 18.0 Å². The molecular weight excluding hydrogens is 294 g/mol. The van der Waals surface area contributed by atoms with Gasteiger partial charge in [0, 0.05) is 6.07 Å². The first-order chi connectivity index (χ1) is 10.2. The lowest BCUT2D eigenvalue weighted by Gasteiger charge is -2.38. The molecule has 0 bridgehead atoms. The van der Waals surface area contributed by atoms with Crippen LogP contribution in [0.1, 0.15) is 27.2 Å². The molecule has 9 heteroatoms. The fraction of sp³-hybridized carbons (Fsp3) is 0.462. The number of nitrogens with zero attached hydrogens (tertiary/aromatic N) is 3. The van der Waals surface area contributed by atoms with Crippen molar-refractivity contribution in [3.8, 4) is 5.75 Å². The van der Waals surface area contributed by atoms with Gasteiger partial charge in [0.15, 0.2) is 11.4 Å². The van der Waals surface area contributed by atoms with Gasteiger partial charge in [-0.15, -0.1) is 0 Å². The molecule has 0 spiro atoms. The fourth-order valence-corrected chi connectivity index (χ4v) is 2.24. The van der Waals surface area contributed by atoms with Gasteiger partial charge in [0.25, 0.3) is 11.7 Å². The Bertz CT molecular complexity index is 657. The second kappa shape index (κ2) is 5.24. The van der Waals surface area contributed by atoms with Crippen LogP contribution in [-0.2, 0) is 9.59 Å². The number of fused-ring (bicyclic) bond motifs is 1. The molecular formula is C13H15N3O6. The largest absolute Gasteiger partial charge is 0.480 e. The molecule has 0 aromatic carbocycles. The molecule has 22 heavy (non-hydrogen) atoms. The number of hydrogen-bond donors (Lipinski definition) is 1. The summed E-state index contributed by atoms with van der Waals surface area (Å²) in [4.78, 5) is 38.8. The molecule has 9 nitrogen and oxygen atoms in total. The Hall–Kier alpha value is -2.71. The zero-order valence-corrected chi connectivity index (χ0v) is 12.3. The van der Waals surface area contributed by atoms with Crippen molar-refractivity contribution in [2.75, 3.05) is 4.90 Å². The minimum Gasteiger partial charge on any atom is -0.480 e. The predicted molar refractivity (Wildman–Crippen MR) is 74.8 cm³/mol. The number of amides is 1. The van der Waals surface area contributed by atoms with Gasteiger partial charge < -0.3 is 20.0 Å². The monoisotopic (exact) mass is 309 g/mol. The van der Waals surface area contributed by atoms with Crippen LogP contribution in [0.5, 0.6) is 5.75 Å². The van der Waals surface area contributed by atoms with E-state index < -0.39 is 34.3 Å². The van der Waals surface area contributed by atoms with Crippen LogP contribution >= 0.6 is 0 Å². The molecule has 118 valence electrons. The average Bonchev–Trinajstić information content (AvgIpc) is 2.42. The number of rotatable bonds is 4. The quantitative estimate of drug-likeness (QED) is 0.657. The van der Waals surface area contributed by atoms with E-state index in [1.165, 1.54) is 19.9 Å². The molecule has 1 amide bonds. The van der Waals surface area contributed by atoms with Crippen molar-refractivity contribution < 1.29 is 24.4 Å². The molecule has 0 radical (unpaired) electrons. The molecule has 1 aliphatic heterocycles. The maximum Gasteiger partial charge on any atom is 0.366 e. The summed E-state index contributed by atoms with van der Waals surface area (Å²) < 4.78 is 5.50. The highest BCUT2D eigenvalue weighted by molar-refractivity contribution is 6.05. The predicted octanol–water partition coefficient (Wildman–Crippen LogP) is 1.36. The second-order valence-electron chi connectivity index (χ2n) is 5.30. The molecule has 0 fully saturated rings. The van der Waals surface area contributed by atoms with E-state index in [1.54, 1.807) is 6.92 Å². The Balaban J connectivity index is 2.65. The number of hydrogen-bond acceptors (Lipinski definition) is 6. The number of aromatic nitrogens is 1. The Morgan fingerprint density at radius 1 is 1.55 bits per heavy atom. The van der Waals surface area contributed by atoms with Crippen LogP contribution in [0.15, 0.2) is 12.1 Å². The number of carbonyl (C=O) groups excluding carboxylic acids is 1. The minimum atomic E-state index is -1.28. The topological polar surface area (TPSA) is 123 Å². The molecule has 0 aliphatic carbocycles. The van der Waals surface area contributed by atoms with Crippen LogP contribution in [0.25, 0.3) is 0 Å². The standard InChI is InChI=1S/C13H15N3O6/c1-4-7(11(17)18)15-10-8(22-13(2,3)12(15)19)5-6-9(14-10)16(20)21/h5-7H,4H2,1-3H3,(H,17,18). The minimum absolute atomic E-state index is 0.126. The molecule has 1 atom stereocenters. The molecule has 1 aromatic heterocycles. The van der Waals surface area contributed by atoms with E-state index in [4.69, 9.17) is 4.74 Å². The molecule has 2 rings (SSSR count). The lowest BCUT2D eigenvalue weighted by Crippen LogP contribution is -2.58. The molecule has 2 heterocycles. The smallest absolute Gasteiger partial charge is 0.366 e. The Kier molecular flexibility index (Phi) is 3.74.